The predicted octanol–water partition coefficient (Wildman–Crippen LogP) is 4.79. The monoisotopic (exact) mass is 363 g/mol. The van der Waals surface area contributed by atoms with Gasteiger partial charge in [0.25, 0.3) is 5.91 Å². The normalized spacial score (nSPS) is 10.3. The van der Waals surface area contributed by atoms with Crippen molar-refractivity contribution in [2.45, 2.75) is 11.5 Å². The van der Waals surface area contributed by atoms with Gasteiger partial charge in [-0.05, 0) is 35.9 Å². The molecule has 0 spiro atoms. The Morgan fingerprint density at radius 2 is 1.62 bits per heavy atom. The zero-order chi connectivity index (χ0) is 18.0. The SMILES string of the molecule is O=C(NCCSc1ccccc1)c1cccc(OCc2ccccc2)c1. The Labute approximate surface area is 158 Å². The summed E-state index contributed by atoms with van der Waals surface area (Å²) in [5.74, 6) is 1.45. The third-order valence-electron chi connectivity index (χ3n) is 3.74. The number of nitrogens with one attached hydrogen (secondary N) is 1. The fourth-order valence-corrected chi connectivity index (χ4v) is 3.21. The number of ether oxygens (including phenoxy) is 1. The van der Waals surface area contributed by atoms with E-state index in [4.69, 9.17) is 4.74 Å². The summed E-state index contributed by atoms with van der Waals surface area (Å²) in [7, 11) is 0. The molecule has 0 saturated heterocycles. The predicted molar refractivity (Wildman–Crippen MR) is 107 cm³/mol. The van der Waals surface area contributed by atoms with Gasteiger partial charge in [0.2, 0.25) is 0 Å². The minimum absolute atomic E-state index is 0.0798. The quantitative estimate of drug-likeness (QED) is 0.462. The Morgan fingerprint density at radius 3 is 2.38 bits per heavy atom. The highest BCUT2D eigenvalue weighted by atomic mass is 32.2. The first-order valence-electron chi connectivity index (χ1n) is 8.54. The molecule has 0 atom stereocenters. The topological polar surface area (TPSA) is 38.3 Å². The zero-order valence-corrected chi connectivity index (χ0v) is 15.2. The molecule has 0 aliphatic carbocycles. The van der Waals surface area contributed by atoms with Crippen LogP contribution in [0.15, 0.2) is 89.8 Å². The lowest BCUT2D eigenvalue weighted by molar-refractivity contribution is 0.0955. The Balaban J connectivity index is 1.46. The summed E-state index contributed by atoms with van der Waals surface area (Å²) in [6.45, 7) is 1.10. The average Bonchev–Trinajstić information content (AvgIpc) is 2.71. The average molecular weight is 363 g/mol. The van der Waals surface area contributed by atoms with Gasteiger partial charge in [-0.2, -0.15) is 0 Å². The number of rotatable bonds is 8. The summed E-state index contributed by atoms with van der Waals surface area (Å²) >= 11 is 1.73. The van der Waals surface area contributed by atoms with Crippen molar-refractivity contribution in [2.75, 3.05) is 12.3 Å². The van der Waals surface area contributed by atoms with Crippen molar-refractivity contribution < 1.29 is 9.53 Å². The first kappa shape index (κ1) is 18.1. The van der Waals surface area contributed by atoms with Crippen molar-refractivity contribution in [1.82, 2.24) is 5.32 Å². The van der Waals surface area contributed by atoms with Crippen molar-refractivity contribution in [3.63, 3.8) is 0 Å². The lowest BCUT2D eigenvalue weighted by atomic mass is 10.2. The van der Waals surface area contributed by atoms with Gasteiger partial charge in [-0.15, -0.1) is 11.8 Å². The molecule has 0 radical (unpaired) electrons. The Hall–Kier alpha value is -2.72. The van der Waals surface area contributed by atoms with Crippen molar-refractivity contribution in [3.8, 4) is 5.75 Å². The summed E-state index contributed by atoms with van der Waals surface area (Å²) in [5, 5.41) is 2.95. The standard InChI is InChI=1S/C22H21NO2S/c24-22(23-14-15-26-21-12-5-2-6-13-21)19-10-7-11-20(16-19)25-17-18-8-3-1-4-9-18/h1-13,16H,14-15,17H2,(H,23,24). The molecule has 0 bridgehead atoms. The Bertz CT molecular complexity index is 822. The first-order chi connectivity index (χ1) is 12.8. The van der Waals surface area contributed by atoms with Gasteiger partial charge in [0.15, 0.2) is 0 Å². The molecule has 0 aliphatic rings. The zero-order valence-electron chi connectivity index (χ0n) is 14.4. The maximum atomic E-state index is 12.3. The maximum absolute atomic E-state index is 12.3. The number of benzene rings is 3. The van der Waals surface area contributed by atoms with Crippen molar-refractivity contribution >= 4 is 17.7 Å². The Morgan fingerprint density at radius 1 is 0.885 bits per heavy atom. The lowest BCUT2D eigenvalue weighted by Gasteiger charge is -2.09. The molecule has 132 valence electrons. The van der Waals surface area contributed by atoms with Gasteiger partial charge in [0, 0.05) is 22.8 Å². The van der Waals surface area contributed by atoms with Gasteiger partial charge in [0.1, 0.15) is 12.4 Å². The molecule has 0 fully saturated rings. The van der Waals surface area contributed by atoms with Crippen molar-refractivity contribution in [3.05, 3.63) is 96.1 Å². The van der Waals surface area contributed by atoms with E-state index in [0.717, 1.165) is 11.3 Å². The molecule has 1 N–H and O–H groups in total. The van der Waals surface area contributed by atoms with Crippen LogP contribution in [0.25, 0.3) is 0 Å². The van der Waals surface area contributed by atoms with Gasteiger partial charge < -0.3 is 10.1 Å². The van der Waals surface area contributed by atoms with E-state index in [-0.39, 0.29) is 5.91 Å². The van der Waals surface area contributed by atoms with E-state index in [1.807, 2.05) is 60.7 Å². The molecule has 3 aromatic carbocycles. The van der Waals surface area contributed by atoms with Crippen LogP contribution in [0.1, 0.15) is 15.9 Å². The Kier molecular flexibility index (Phi) is 6.73. The van der Waals surface area contributed by atoms with E-state index >= 15 is 0 Å². The van der Waals surface area contributed by atoms with Crippen LogP contribution in [0.3, 0.4) is 0 Å². The molecule has 0 aromatic heterocycles. The molecule has 0 heterocycles. The van der Waals surface area contributed by atoms with Crippen LogP contribution < -0.4 is 10.1 Å². The molecule has 0 saturated carbocycles. The lowest BCUT2D eigenvalue weighted by Crippen LogP contribution is -2.25. The largest absolute Gasteiger partial charge is 0.489 e. The van der Waals surface area contributed by atoms with Crippen LogP contribution in [0.5, 0.6) is 5.75 Å². The summed E-state index contributed by atoms with van der Waals surface area (Å²) < 4.78 is 5.78. The van der Waals surface area contributed by atoms with Crippen LogP contribution in [0, 0.1) is 0 Å². The van der Waals surface area contributed by atoms with Crippen LogP contribution >= 0.6 is 11.8 Å². The highest BCUT2D eigenvalue weighted by molar-refractivity contribution is 7.99. The second-order valence-electron chi connectivity index (χ2n) is 5.72. The minimum atomic E-state index is -0.0798. The van der Waals surface area contributed by atoms with E-state index < -0.39 is 0 Å². The molecule has 1 amide bonds. The minimum Gasteiger partial charge on any atom is -0.489 e. The fraction of sp³-hybridized carbons (Fsp3) is 0.136. The second kappa shape index (κ2) is 9.68. The smallest absolute Gasteiger partial charge is 0.251 e. The number of amides is 1. The van der Waals surface area contributed by atoms with Crippen molar-refractivity contribution in [2.24, 2.45) is 0 Å². The fourth-order valence-electron chi connectivity index (χ4n) is 2.42. The van der Waals surface area contributed by atoms with Crippen LogP contribution in [-0.2, 0) is 6.61 Å². The number of carbonyl (C=O) groups is 1. The van der Waals surface area contributed by atoms with Crippen LogP contribution in [0.4, 0.5) is 0 Å². The second-order valence-corrected chi connectivity index (χ2v) is 6.89. The van der Waals surface area contributed by atoms with E-state index in [2.05, 4.69) is 17.4 Å². The van der Waals surface area contributed by atoms with E-state index in [0.29, 0.717) is 24.5 Å². The molecule has 3 rings (SSSR count). The number of carbonyl (C=O) groups excluding carboxylic acids is 1. The number of thioether (sulfide) groups is 1. The molecule has 3 aromatic rings. The third kappa shape index (κ3) is 5.67. The maximum Gasteiger partial charge on any atom is 0.251 e. The van der Waals surface area contributed by atoms with Gasteiger partial charge in [-0.25, -0.2) is 0 Å². The number of hydrogen-bond acceptors (Lipinski definition) is 3. The van der Waals surface area contributed by atoms with E-state index in [1.165, 1.54) is 4.90 Å². The highest BCUT2D eigenvalue weighted by Crippen LogP contribution is 2.17. The number of hydrogen-bond donors (Lipinski definition) is 1. The van der Waals surface area contributed by atoms with Crippen LogP contribution in [-0.4, -0.2) is 18.2 Å². The molecule has 4 heteroatoms. The molecule has 0 unspecified atom stereocenters. The summed E-state index contributed by atoms with van der Waals surface area (Å²) in [5.41, 5.74) is 1.71. The summed E-state index contributed by atoms with van der Waals surface area (Å²) in [4.78, 5) is 13.5. The summed E-state index contributed by atoms with van der Waals surface area (Å²) in [6, 6.07) is 27.4. The van der Waals surface area contributed by atoms with Crippen LogP contribution in [0.2, 0.25) is 0 Å². The van der Waals surface area contributed by atoms with Crippen molar-refractivity contribution in [1.29, 1.82) is 0 Å². The molecular formula is C22H21NO2S. The van der Waals surface area contributed by atoms with E-state index in [1.54, 1.807) is 23.9 Å². The molecular weight excluding hydrogens is 342 g/mol. The molecule has 3 nitrogen and oxygen atoms in total. The van der Waals surface area contributed by atoms with Gasteiger partial charge in [-0.3, -0.25) is 4.79 Å². The van der Waals surface area contributed by atoms with Gasteiger partial charge in [0.05, 0.1) is 0 Å². The van der Waals surface area contributed by atoms with E-state index in [9.17, 15) is 4.79 Å². The first-order valence-corrected chi connectivity index (χ1v) is 9.53. The molecule has 0 aliphatic heterocycles. The summed E-state index contributed by atoms with van der Waals surface area (Å²) in [6.07, 6.45) is 0. The highest BCUT2D eigenvalue weighted by Gasteiger charge is 2.06. The third-order valence-corrected chi connectivity index (χ3v) is 4.76. The molecule has 26 heavy (non-hydrogen) atoms. The van der Waals surface area contributed by atoms with Gasteiger partial charge in [-0.1, -0.05) is 54.6 Å². The van der Waals surface area contributed by atoms with Gasteiger partial charge >= 0.3 is 0 Å².